The standard InChI is InChI=1S/C21H21FN4O5/c1-30-17-9-7-15(11-18(17)31-2)23-19(27)12-26-20(28)10-8-16(25-26)21(29)24-14-5-3-13(22)4-6-14/h3-7,9,11H,8,10,12H2,1-2H3,(H,23,27)(H,24,29). The van der Waals surface area contributed by atoms with Gasteiger partial charge in [-0.1, -0.05) is 0 Å². The van der Waals surface area contributed by atoms with E-state index in [2.05, 4.69) is 15.7 Å². The Kier molecular flexibility index (Phi) is 6.81. The highest BCUT2D eigenvalue weighted by molar-refractivity contribution is 6.43. The van der Waals surface area contributed by atoms with Gasteiger partial charge in [0.25, 0.3) is 5.91 Å². The second-order valence-corrected chi connectivity index (χ2v) is 6.58. The van der Waals surface area contributed by atoms with Gasteiger partial charge < -0.3 is 20.1 Å². The van der Waals surface area contributed by atoms with Crippen molar-refractivity contribution in [2.75, 3.05) is 31.4 Å². The number of benzene rings is 2. The van der Waals surface area contributed by atoms with Crippen LogP contribution in [0.1, 0.15) is 12.8 Å². The Bertz CT molecular complexity index is 1020. The zero-order valence-corrected chi connectivity index (χ0v) is 17.0. The van der Waals surface area contributed by atoms with Crippen molar-refractivity contribution >= 4 is 34.8 Å². The fourth-order valence-corrected chi connectivity index (χ4v) is 2.88. The number of nitrogens with zero attached hydrogens (tertiary/aromatic N) is 2. The Morgan fingerprint density at radius 3 is 2.35 bits per heavy atom. The molecule has 1 aliphatic rings. The summed E-state index contributed by atoms with van der Waals surface area (Å²) >= 11 is 0. The van der Waals surface area contributed by atoms with Gasteiger partial charge in [0, 0.05) is 30.3 Å². The molecule has 2 aromatic rings. The van der Waals surface area contributed by atoms with E-state index in [1.165, 1.54) is 38.5 Å². The van der Waals surface area contributed by atoms with Gasteiger partial charge in [-0.15, -0.1) is 0 Å². The van der Waals surface area contributed by atoms with Crippen LogP contribution in [-0.4, -0.2) is 49.2 Å². The highest BCUT2D eigenvalue weighted by atomic mass is 19.1. The molecule has 1 heterocycles. The molecule has 0 bridgehead atoms. The second kappa shape index (κ2) is 9.70. The Morgan fingerprint density at radius 2 is 1.68 bits per heavy atom. The summed E-state index contributed by atoms with van der Waals surface area (Å²) in [4.78, 5) is 37.0. The van der Waals surface area contributed by atoms with Crippen molar-refractivity contribution in [3.05, 3.63) is 48.3 Å². The van der Waals surface area contributed by atoms with Gasteiger partial charge >= 0.3 is 0 Å². The Morgan fingerprint density at radius 1 is 1.00 bits per heavy atom. The molecule has 162 valence electrons. The Balaban J connectivity index is 1.65. The highest BCUT2D eigenvalue weighted by Gasteiger charge is 2.26. The van der Waals surface area contributed by atoms with E-state index in [9.17, 15) is 18.8 Å². The molecule has 0 aromatic heterocycles. The number of carbonyl (C=O) groups is 3. The lowest BCUT2D eigenvalue weighted by molar-refractivity contribution is -0.135. The van der Waals surface area contributed by atoms with Crippen LogP contribution in [0.5, 0.6) is 11.5 Å². The second-order valence-electron chi connectivity index (χ2n) is 6.58. The SMILES string of the molecule is COc1ccc(NC(=O)CN2N=C(C(=O)Nc3ccc(F)cc3)CCC2=O)cc1OC. The van der Waals surface area contributed by atoms with Crippen LogP contribution >= 0.6 is 0 Å². The van der Waals surface area contributed by atoms with Gasteiger partial charge in [-0.3, -0.25) is 14.4 Å². The quantitative estimate of drug-likeness (QED) is 0.704. The van der Waals surface area contributed by atoms with Gasteiger partial charge in [-0.25, -0.2) is 9.40 Å². The molecule has 0 fully saturated rings. The van der Waals surface area contributed by atoms with E-state index in [1.54, 1.807) is 18.2 Å². The summed E-state index contributed by atoms with van der Waals surface area (Å²) in [6, 6.07) is 10.1. The number of anilines is 2. The number of halogens is 1. The van der Waals surface area contributed by atoms with E-state index in [0.717, 1.165) is 5.01 Å². The summed E-state index contributed by atoms with van der Waals surface area (Å²) in [7, 11) is 2.98. The molecule has 2 N–H and O–H groups in total. The van der Waals surface area contributed by atoms with Crippen LogP contribution in [0.3, 0.4) is 0 Å². The summed E-state index contributed by atoms with van der Waals surface area (Å²) in [6.45, 7) is -0.361. The largest absolute Gasteiger partial charge is 0.493 e. The predicted molar refractivity (Wildman–Crippen MR) is 112 cm³/mol. The predicted octanol–water partition coefficient (Wildman–Crippen LogP) is 2.40. The molecular weight excluding hydrogens is 407 g/mol. The fourth-order valence-electron chi connectivity index (χ4n) is 2.88. The van der Waals surface area contributed by atoms with E-state index in [1.807, 2.05) is 0 Å². The van der Waals surface area contributed by atoms with Crippen LogP contribution in [0.15, 0.2) is 47.6 Å². The van der Waals surface area contributed by atoms with Crippen LogP contribution in [0.4, 0.5) is 15.8 Å². The number of methoxy groups -OCH3 is 2. The van der Waals surface area contributed by atoms with Crippen molar-refractivity contribution in [3.63, 3.8) is 0 Å². The minimum absolute atomic E-state index is 0.0410. The molecule has 1 aliphatic heterocycles. The molecule has 0 radical (unpaired) electrons. The molecule has 0 atom stereocenters. The van der Waals surface area contributed by atoms with Gasteiger partial charge in [0.1, 0.15) is 18.1 Å². The van der Waals surface area contributed by atoms with Crippen molar-refractivity contribution in [2.24, 2.45) is 5.10 Å². The van der Waals surface area contributed by atoms with Crippen molar-refractivity contribution in [1.29, 1.82) is 0 Å². The van der Waals surface area contributed by atoms with Crippen molar-refractivity contribution < 1.29 is 28.2 Å². The number of rotatable bonds is 7. The number of amides is 3. The van der Waals surface area contributed by atoms with Gasteiger partial charge in [0.2, 0.25) is 11.8 Å². The van der Waals surface area contributed by atoms with Crippen LogP contribution in [0.2, 0.25) is 0 Å². The third kappa shape index (κ3) is 5.56. The van der Waals surface area contributed by atoms with Crippen molar-refractivity contribution in [2.45, 2.75) is 12.8 Å². The molecule has 3 rings (SSSR count). The van der Waals surface area contributed by atoms with E-state index in [4.69, 9.17) is 9.47 Å². The van der Waals surface area contributed by atoms with Crippen molar-refractivity contribution in [1.82, 2.24) is 5.01 Å². The van der Waals surface area contributed by atoms with Crippen molar-refractivity contribution in [3.8, 4) is 11.5 Å². The van der Waals surface area contributed by atoms with E-state index >= 15 is 0 Å². The maximum absolute atomic E-state index is 13.0. The number of ether oxygens (including phenoxy) is 2. The van der Waals surface area contributed by atoms with E-state index < -0.39 is 17.6 Å². The van der Waals surface area contributed by atoms with Crippen LogP contribution < -0.4 is 20.1 Å². The molecule has 31 heavy (non-hydrogen) atoms. The topological polar surface area (TPSA) is 109 Å². The molecule has 0 saturated carbocycles. The van der Waals surface area contributed by atoms with Crippen LogP contribution in [0.25, 0.3) is 0 Å². The number of nitrogens with one attached hydrogen (secondary N) is 2. The third-order valence-electron chi connectivity index (χ3n) is 4.43. The summed E-state index contributed by atoms with van der Waals surface area (Å²) < 4.78 is 23.3. The maximum atomic E-state index is 13.0. The highest BCUT2D eigenvalue weighted by Crippen LogP contribution is 2.29. The monoisotopic (exact) mass is 428 g/mol. The summed E-state index contributed by atoms with van der Waals surface area (Å²) in [5.41, 5.74) is 0.942. The first-order chi connectivity index (χ1) is 14.9. The summed E-state index contributed by atoms with van der Waals surface area (Å²) in [6.07, 6.45) is 0.180. The minimum atomic E-state index is -0.524. The number of hydrogen-bond acceptors (Lipinski definition) is 6. The average Bonchev–Trinajstić information content (AvgIpc) is 2.76. The lowest BCUT2D eigenvalue weighted by atomic mass is 10.1. The molecule has 10 heteroatoms. The average molecular weight is 428 g/mol. The van der Waals surface area contributed by atoms with Gasteiger partial charge in [-0.2, -0.15) is 5.10 Å². The van der Waals surface area contributed by atoms with E-state index in [0.29, 0.717) is 22.9 Å². The fraction of sp³-hybridized carbons (Fsp3) is 0.238. The molecule has 0 aliphatic carbocycles. The molecule has 3 amide bonds. The van der Waals surface area contributed by atoms with Crippen LogP contribution in [-0.2, 0) is 14.4 Å². The molecular formula is C21H21FN4O5. The van der Waals surface area contributed by atoms with Gasteiger partial charge in [0.15, 0.2) is 11.5 Å². The zero-order valence-electron chi connectivity index (χ0n) is 17.0. The Hall–Kier alpha value is -3.95. The number of hydrogen-bond donors (Lipinski definition) is 2. The Labute approximate surface area is 177 Å². The first-order valence-electron chi connectivity index (χ1n) is 9.36. The van der Waals surface area contributed by atoms with Crippen LogP contribution in [0, 0.1) is 5.82 Å². The molecule has 2 aromatic carbocycles. The molecule has 0 spiro atoms. The van der Waals surface area contributed by atoms with E-state index in [-0.39, 0.29) is 31.0 Å². The molecule has 0 unspecified atom stereocenters. The maximum Gasteiger partial charge on any atom is 0.271 e. The first kappa shape index (κ1) is 21.8. The number of carbonyl (C=O) groups excluding carboxylic acids is 3. The molecule has 0 saturated heterocycles. The van der Waals surface area contributed by atoms with Gasteiger partial charge in [0.05, 0.1) is 14.2 Å². The lowest BCUT2D eigenvalue weighted by Crippen LogP contribution is -2.40. The normalized spacial score (nSPS) is 13.3. The number of hydrazone groups is 1. The summed E-state index contributed by atoms with van der Waals surface area (Å²) in [5, 5.41) is 10.2. The summed E-state index contributed by atoms with van der Waals surface area (Å²) in [5.74, 6) is -0.875. The first-order valence-corrected chi connectivity index (χ1v) is 9.36. The smallest absolute Gasteiger partial charge is 0.271 e. The molecule has 9 nitrogen and oxygen atoms in total. The zero-order chi connectivity index (χ0) is 22.4. The van der Waals surface area contributed by atoms with Gasteiger partial charge in [-0.05, 0) is 36.4 Å². The minimum Gasteiger partial charge on any atom is -0.493 e. The third-order valence-corrected chi connectivity index (χ3v) is 4.43. The lowest BCUT2D eigenvalue weighted by Gasteiger charge is -2.22.